The van der Waals surface area contributed by atoms with Gasteiger partial charge in [0, 0.05) is 13.0 Å². The summed E-state index contributed by atoms with van der Waals surface area (Å²) in [6.45, 7) is -0.497. The number of halogens is 3. The highest BCUT2D eigenvalue weighted by Gasteiger charge is 2.34. The lowest BCUT2D eigenvalue weighted by molar-refractivity contribution is -0.0503. The zero-order valence-corrected chi connectivity index (χ0v) is 5.28. The van der Waals surface area contributed by atoms with Crippen molar-refractivity contribution in [2.45, 2.75) is 17.9 Å². The Hall–Kier alpha value is 0.0700. The molecule has 0 aliphatic heterocycles. The first-order valence-electron chi connectivity index (χ1n) is 2.34. The number of hydrogen-bond donors (Lipinski definition) is 2. The number of rotatable bonds is 3. The summed E-state index contributed by atoms with van der Waals surface area (Å²) in [5, 5.41) is 12.8. The van der Waals surface area contributed by atoms with E-state index >= 15 is 0 Å². The highest BCUT2D eigenvalue weighted by Crippen LogP contribution is 2.24. The molecule has 0 bridgehead atoms. The van der Waals surface area contributed by atoms with Crippen molar-refractivity contribution in [1.82, 2.24) is 0 Å². The van der Waals surface area contributed by atoms with Gasteiger partial charge in [0.25, 0.3) is 0 Å². The zero-order valence-electron chi connectivity index (χ0n) is 4.52. The van der Waals surface area contributed by atoms with Crippen molar-refractivity contribution in [3.63, 3.8) is 0 Å². The van der Waals surface area contributed by atoms with Crippen LogP contribution in [0.5, 0.6) is 0 Å². The Morgan fingerprint density at radius 3 is 2.11 bits per heavy atom. The van der Waals surface area contributed by atoms with E-state index in [4.69, 9.17) is 10.2 Å². The number of aliphatic hydroxyl groups excluding tert-OH is 2. The molecule has 0 aromatic heterocycles. The second-order valence-corrected chi connectivity index (χ2v) is 2.07. The van der Waals surface area contributed by atoms with E-state index in [1.54, 1.807) is 0 Å². The Morgan fingerprint density at radius 2 is 2.00 bits per heavy atom. The average molecular weight is 161 g/mol. The fraction of sp³-hybridized carbons (Fsp3) is 1.00. The van der Waals surface area contributed by atoms with E-state index in [-0.39, 0.29) is 0 Å². The van der Waals surface area contributed by atoms with Crippen molar-refractivity contribution < 1.29 is 19.0 Å². The molecule has 1 unspecified atom stereocenters. The Labute approximate surface area is 56.1 Å². The Balaban J connectivity index is 3.59. The van der Waals surface area contributed by atoms with Gasteiger partial charge in [0.1, 0.15) is 6.10 Å². The maximum atomic E-state index is 11.7. The summed E-state index contributed by atoms with van der Waals surface area (Å²) in [5.74, 6) is 0. The molecule has 0 fully saturated rings. The summed E-state index contributed by atoms with van der Waals surface area (Å²) in [5.41, 5.74) is 0. The van der Waals surface area contributed by atoms with Gasteiger partial charge in [0.15, 0.2) is 0 Å². The van der Waals surface area contributed by atoms with Crippen LogP contribution in [0.3, 0.4) is 0 Å². The van der Waals surface area contributed by atoms with Gasteiger partial charge in [-0.3, -0.25) is 0 Å². The second-order valence-electron chi connectivity index (χ2n) is 1.57. The van der Waals surface area contributed by atoms with Crippen LogP contribution in [0.25, 0.3) is 0 Å². The number of alkyl halides is 3. The molecule has 0 aliphatic rings. The van der Waals surface area contributed by atoms with Gasteiger partial charge < -0.3 is 10.2 Å². The molecular formula is C4H7ClF2O2. The average Bonchev–Trinajstić information content (AvgIpc) is 1.64. The van der Waals surface area contributed by atoms with E-state index in [0.717, 1.165) is 0 Å². The molecule has 0 spiro atoms. The molecule has 0 saturated carbocycles. The van der Waals surface area contributed by atoms with E-state index in [1.165, 1.54) is 0 Å². The smallest absolute Gasteiger partial charge is 0.347 e. The summed E-state index contributed by atoms with van der Waals surface area (Å²) in [6.07, 6.45) is -2.36. The SMILES string of the molecule is OCCC(O)C(F)(F)Cl. The predicted molar refractivity (Wildman–Crippen MR) is 28.5 cm³/mol. The van der Waals surface area contributed by atoms with Gasteiger partial charge in [-0.2, -0.15) is 8.78 Å². The molecule has 2 nitrogen and oxygen atoms in total. The monoisotopic (exact) mass is 160 g/mol. The molecule has 1 atom stereocenters. The van der Waals surface area contributed by atoms with Gasteiger partial charge in [0.2, 0.25) is 0 Å². The van der Waals surface area contributed by atoms with Gasteiger partial charge in [-0.25, -0.2) is 0 Å². The molecular weight excluding hydrogens is 153 g/mol. The fourth-order valence-electron chi connectivity index (χ4n) is 0.286. The van der Waals surface area contributed by atoms with Crippen molar-refractivity contribution in [2.24, 2.45) is 0 Å². The standard InChI is InChI=1S/C4H7ClF2O2/c5-4(6,7)3(9)1-2-8/h3,8-9H,1-2H2. The maximum Gasteiger partial charge on any atom is 0.347 e. The quantitative estimate of drug-likeness (QED) is 0.593. The highest BCUT2D eigenvalue weighted by atomic mass is 35.5. The molecule has 0 aromatic rings. The molecule has 5 heteroatoms. The molecule has 0 radical (unpaired) electrons. The summed E-state index contributed by atoms with van der Waals surface area (Å²) in [4.78, 5) is 0. The third-order valence-electron chi connectivity index (χ3n) is 0.780. The number of aliphatic hydroxyl groups is 2. The minimum absolute atomic E-state index is 0.406. The minimum Gasteiger partial charge on any atom is -0.396 e. The van der Waals surface area contributed by atoms with Gasteiger partial charge in [-0.15, -0.1) is 0 Å². The van der Waals surface area contributed by atoms with E-state index in [9.17, 15) is 8.78 Å². The third-order valence-corrected chi connectivity index (χ3v) is 1.03. The van der Waals surface area contributed by atoms with Crippen LogP contribution in [0.15, 0.2) is 0 Å². The molecule has 0 amide bonds. The van der Waals surface area contributed by atoms with Crippen LogP contribution in [-0.4, -0.2) is 28.3 Å². The van der Waals surface area contributed by atoms with Gasteiger partial charge >= 0.3 is 5.38 Å². The second kappa shape index (κ2) is 3.29. The van der Waals surface area contributed by atoms with Gasteiger partial charge in [-0.1, -0.05) is 0 Å². The summed E-state index contributed by atoms with van der Waals surface area (Å²) < 4.78 is 23.4. The van der Waals surface area contributed by atoms with Crippen LogP contribution >= 0.6 is 11.6 Å². The van der Waals surface area contributed by atoms with Crippen LogP contribution in [0.2, 0.25) is 0 Å². The third kappa shape index (κ3) is 3.61. The summed E-state index contributed by atoms with van der Waals surface area (Å²) >= 11 is 4.37. The lowest BCUT2D eigenvalue weighted by Crippen LogP contribution is -2.28. The predicted octanol–water partition coefficient (Wildman–Crippen LogP) is 0.561. The maximum absolute atomic E-state index is 11.7. The van der Waals surface area contributed by atoms with Crippen molar-refractivity contribution in [2.75, 3.05) is 6.61 Å². The Kier molecular flexibility index (Phi) is 3.32. The van der Waals surface area contributed by atoms with E-state index in [0.29, 0.717) is 0 Å². The number of hydrogen-bond acceptors (Lipinski definition) is 2. The molecule has 56 valence electrons. The van der Waals surface area contributed by atoms with Crippen LogP contribution < -0.4 is 0 Å². The zero-order chi connectivity index (χ0) is 7.49. The summed E-state index contributed by atoms with van der Waals surface area (Å²) in [7, 11) is 0. The first-order valence-corrected chi connectivity index (χ1v) is 2.72. The fourth-order valence-corrected chi connectivity index (χ4v) is 0.395. The van der Waals surface area contributed by atoms with E-state index in [1.807, 2.05) is 0 Å². The normalized spacial score (nSPS) is 15.7. The Morgan fingerprint density at radius 1 is 1.56 bits per heavy atom. The van der Waals surface area contributed by atoms with Gasteiger partial charge in [-0.05, 0) is 11.6 Å². The topological polar surface area (TPSA) is 40.5 Å². The summed E-state index contributed by atoms with van der Waals surface area (Å²) in [6, 6.07) is 0. The van der Waals surface area contributed by atoms with E-state index in [2.05, 4.69) is 11.6 Å². The lowest BCUT2D eigenvalue weighted by Gasteiger charge is -2.13. The lowest BCUT2D eigenvalue weighted by atomic mass is 10.3. The van der Waals surface area contributed by atoms with Crippen molar-refractivity contribution >= 4 is 11.6 Å². The van der Waals surface area contributed by atoms with Crippen molar-refractivity contribution in [3.05, 3.63) is 0 Å². The first-order chi connectivity index (χ1) is 3.98. The molecule has 0 aliphatic carbocycles. The Bertz CT molecular complexity index is 83.1. The molecule has 0 saturated heterocycles. The molecule has 9 heavy (non-hydrogen) atoms. The molecule has 0 rings (SSSR count). The van der Waals surface area contributed by atoms with Crippen LogP contribution in [0.1, 0.15) is 6.42 Å². The molecule has 2 N–H and O–H groups in total. The largest absolute Gasteiger partial charge is 0.396 e. The van der Waals surface area contributed by atoms with Crippen molar-refractivity contribution in [1.29, 1.82) is 0 Å². The van der Waals surface area contributed by atoms with Gasteiger partial charge in [0.05, 0.1) is 0 Å². The van der Waals surface area contributed by atoms with E-state index < -0.39 is 24.5 Å². The first kappa shape index (κ1) is 9.07. The minimum atomic E-state index is -3.62. The highest BCUT2D eigenvalue weighted by molar-refractivity contribution is 6.22. The van der Waals surface area contributed by atoms with Crippen LogP contribution in [-0.2, 0) is 0 Å². The molecule has 0 heterocycles. The van der Waals surface area contributed by atoms with Crippen LogP contribution in [0, 0.1) is 0 Å². The molecule has 0 aromatic carbocycles. The van der Waals surface area contributed by atoms with Crippen molar-refractivity contribution in [3.8, 4) is 0 Å². The van der Waals surface area contributed by atoms with Crippen LogP contribution in [0.4, 0.5) is 8.78 Å².